The SMILES string of the molecule is c1ccc(-c2cccc(-c3cc(-c4cc(-c5ccccc5)cc(-c5ccc6c(c5)c5ccccc5n6-c5cc(-c6cccc(-c7cc(-n8c9ccccc9c9ccccc98)cc(-n8c9ccccc9c9ccccc98)c7)n6)cc(-n6c7ccccc7c7ccccc76)c5)c4)nc(-c4cc(-n5c6ccccc6c6ccccc65)cc(-n5c6ccccc6c6ccccc65)c4)n3)c2)cc1. The monoisotopic (exact) mass is 1680 g/mol. The van der Waals surface area contributed by atoms with Gasteiger partial charge in [0.05, 0.1) is 89.0 Å². The number of benzene rings is 19. The van der Waals surface area contributed by atoms with E-state index in [1.54, 1.807) is 0 Å². The first-order valence-electron chi connectivity index (χ1n) is 45.1. The summed E-state index contributed by atoms with van der Waals surface area (Å²) >= 11 is 0. The van der Waals surface area contributed by atoms with E-state index in [2.05, 4.69) is 495 Å². The van der Waals surface area contributed by atoms with Crippen molar-refractivity contribution in [1.29, 1.82) is 0 Å². The van der Waals surface area contributed by atoms with E-state index in [4.69, 9.17) is 15.0 Å². The van der Waals surface area contributed by atoms with Gasteiger partial charge in [0, 0.05) is 127 Å². The highest BCUT2D eigenvalue weighted by Gasteiger charge is 2.26. The first-order valence-corrected chi connectivity index (χ1v) is 45.1. The molecule has 0 bridgehead atoms. The standard InChI is InChI=1S/C123H77N9/c1-3-31-78(32-4-1)80-35-29-36-82(63-80)109-77-110(126-123(125-109)88-71-93(130-117-56-24-13-43-101(117)102-44-14-25-57-118(102)130)76-94(72-88)131-119-58-26-15-45-103(119)104-46-16-27-59-120(104)131)85-65-83(79-33-5-2-6-34-79)64-84(66-85)81-61-62-122-106(73-81)105-47-17-28-60-121(105)132(122)92-70-87(69-91(75-92)129-115-54-22-11-41-99(115)100-42-12-23-55-116(100)129)108-49-30-48-107(124-108)86-67-89(127-111-50-18-7-37-95(111)96-38-8-19-51-112(96)127)74-90(68-86)128-113-52-20-9-39-97(113)98-40-10-21-53-114(98)128/h1-77H. The first-order chi connectivity index (χ1) is 65.4. The Balaban J connectivity index is 0.650. The van der Waals surface area contributed by atoms with Crippen LogP contribution in [-0.2, 0) is 0 Å². The predicted molar refractivity (Wildman–Crippen MR) is 549 cm³/mol. The quantitative estimate of drug-likeness (QED) is 0.109. The van der Waals surface area contributed by atoms with Crippen molar-refractivity contribution in [2.75, 3.05) is 0 Å². The van der Waals surface area contributed by atoms with E-state index in [0.717, 1.165) is 195 Å². The van der Waals surface area contributed by atoms with Gasteiger partial charge in [0.15, 0.2) is 5.82 Å². The highest BCUT2D eigenvalue weighted by Crippen LogP contribution is 2.46. The van der Waals surface area contributed by atoms with Crippen molar-refractivity contribution in [1.82, 2.24) is 42.4 Å². The molecule has 0 saturated heterocycles. The number of hydrogen-bond donors (Lipinski definition) is 0. The van der Waals surface area contributed by atoms with Gasteiger partial charge in [0.1, 0.15) is 0 Å². The molecule has 27 aromatic rings. The molecule has 0 aliphatic carbocycles. The summed E-state index contributed by atoms with van der Waals surface area (Å²) in [5.41, 5.74) is 34.0. The minimum Gasteiger partial charge on any atom is -0.309 e. The number of para-hydroxylation sites is 11. The van der Waals surface area contributed by atoms with Crippen molar-refractivity contribution in [2.45, 2.75) is 0 Å². The highest BCUT2D eigenvalue weighted by molar-refractivity contribution is 6.16. The molecule has 0 radical (unpaired) electrons. The van der Waals surface area contributed by atoms with Crippen molar-refractivity contribution in [3.63, 3.8) is 0 Å². The van der Waals surface area contributed by atoms with E-state index < -0.39 is 0 Å². The minimum absolute atomic E-state index is 0.596. The summed E-state index contributed by atoms with van der Waals surface area (Å²) in [6.45, 7) is 0. The van der Waals surface area contributed by atoms with Crippen molar-refractivity contribution in [3.05, 3.63) is 467 Å². The lowest BCUT2D eigenvalue weighted by molar-refractivity contribution is 1.12. The average molecular weight is 1680 g/mol. The Bertz CT molecular complexity index is 8910. The molecule has 0 fully saturated rings. The molecular formula is C123H77N9. The van der Waals surface area contributed by atoms with Gasteiger partial charge in [-0.25, -0.2) is 15.0 Å². The lowest BCUT2D eigenvalue weighted by Crippen LogP contribution is -2.02. The number of nitrogens with zero attached hydrogens (tertiary/aromatic N) is 9. The third-order valence-electron chi connectivity index (χ3n) is 27.1. The molecule has 132 heavy (non-hydrogen) atoms. The number of fused-ring (bicyclic) bond motifs is 18. The van der Waals surface area contributed by atoms with Crippen molar-refractivity contribution in [3.8, 4) is 124 Å². The summed E-state index contributed by atoms with van der Waals surface area (Å²) < 4.78 is 14.6. The van der Waals surface area contributed by atoms with Gasteiger partial charge in [-0.05, 0) is 209 Å². The number of aromatic nitrogens is 9. The van der Waals surface area contributed by atoms with Crippen molar-refractivity contribution >= 4 is 131 Å². The van der Waals surface area contributed by atoms with E-state index in [9.17, 15) is 0 Å². The molecule has 0 aliphatic heterocycles. The summed E-state index contributed by atoms with van der Waals surface area (Å²) in [4.78, 5) is 17.6. The van der Waals surface area contributed by atoms with Gasteiger partial charge < -0.3 is 27.4 Å². The Morgan fingerprint density at radius 3 is 0.682 bits per heavy atom. The molecule has 0 N–H and O–H groups in total. The van der Waals surface area contributed by atoms with Gasteiger partial charge in [-0.2, -0.15) is 0 Å². The van der Waals surface area contributed by atoms with Gasteiger partial charge in [-0.15, -0.1) is 0 Å². The average Bonchev–Trinajstić information content (AvgIpc) is 1.62. The fraction of sp³-hybridized carbons (Fsp3) is 0. The van der Waals surface area contributed by atoms with Gasteiger partial charge in [0.25, 0.3) is 0 Å². The van der Waals surface area contributed by atoms with Crippen LogP contribution in [0.15, 0.2) is 467 Å². The molecule has 27 rings (SSSR count). The van der Waals surface area contributed by atoms with E-state index >= 15 is 0 Å². The van der Waals surface area contributed by atoms with Gasteiger partial charge in [0.2, 0.25) is 0 Å². The van der Waals surface area contributed by atoms with Crippen LogP contribution in [0, 0.1) is 0 Å². The molecule has 9 nitrogen and oxygen atoms in total. The van der Waals surface area contributed by atoms with Crippen LogP contribution in [0.25, 0.3) is 255 Å². The molecule has 8 aromatic heterocycles. The fourth-order valence-corrected chi connectivity index (χ4v) is 21.3. The maximum atomic E-state index is 5.90. The molecule has 9 heteroatoms. The summed E-state index contributed by atoms with van der Waals surface area (Å²) in [6.07, 6.45) is 0. The van der Waals surface area contributed by atoms with Crippen LogP contribution >= 0.6 is 0 Å². The molecule has 614 valence electrons. The maximum Gasteiger partial charge on any atom is 0.160 e. The number of rotatable bonds is 14. The topological polar surface area (TPSA) is 68.2 Å². The molecule has 0 atom stereocenters. The zero-order valence-corrected chi connectivity index (χ0v) is 71.5. The lowest BCUT2D eigenvalue weighted by atomic mass is 9.93. The molecule has 0 amide bonds. The number of pyridine rings is 1. The van der Waals surface area contributed by atoms with Crippen LogP contribution in [0.3, 0.4) is 0 Å². The molecule has 0 aliphatic rings. The Labute approximate surface area is 759 Å². The Hall–Kier alpha value is -17.8. The van der Waals surface area contributed by atoms with Crippen LogP contribution in [0.5, 0.6) is 0 Å². The van der Waals surface area contributed by atoms with Crippen LogP contribution in [-0.4, -0.2) is 42.4 Å². The molecule has 19 aromatic carbocycles. The molecule has 8 heterocycles. The molecule has 0 unspecified atom stereocenters. The second-order valence-electron chi connectivity index (χ2n) is 34.6. The maximum absolute atomic E-state index is 5.90. The summed E-state index contributed by atoms with van der Waals surface area (Å²) in [5, 5.41) is 14.2. The van der Waals surface area contributed by atoms with E-state index in [0.29, 0.717) is 5.82 Å². The Morgan fingerprint density at radius 2 is 0.341 bits per heavy atom. The number of hydrogen-bond acceptors (Lipinski definition) is 3. The third-order valence-corrected chi connectivity index (χ3v) is 27.1. The summed E-state index contributed by atoms with van der Waals surface area (Å²) in [6, 6.07) is 171. The third kappa shape index (κ3) is 12.0. The zero-order valence-electron chi connectivity index (χ0n) is 71.5. The Kier molecular flexibility index (Phi) is 16.9. The lowest BCUT2D eigenvalue weighted by Gasteiger charge is -2.17. The predicted octanol–water partition coefficient (Wildman–Crippen LogP) is 31.8. The van der Waals surface area contributed by atoms with Crippen LogP contribution < -0.4 is 0 Å². The normalized spacial score (nSPS) is 11.9. The van der Waals surface area contributed by atoms with Gasteiger partial charge in [-0.3, -0.25) is 0 Å². The van der Waals surface area contributed by atoms with Gasteiger partial charge >= 0.3 is 0 Å². The summed E-state index contributed by atoms with van der Waals surface area (Å²) in [7, 11) is 0. The van der Waals surface area contributed by atoms with E-state index in [1.165, 1.54) is 53.9 Å². The van der Waals surface area contributed by atoms with Crippen LogP contribution in [0.1, 0.15) is 0 Å². The largest absolute Gasteiger partial charge is 0.309 e. The second kappa shape index (κ2) is 29.9. The molecule has 0 spiro atoms. The van der Waals surface area contributed by atoms with E-state index in [1.807, 2.05) is 0 Å². The minimum atomic E-state index is 0.596. The van der Waals surface area contributed by atoms with Crippen molar-refractivity contribution in [2.24, 2.45) is 0 Å². The Morgan fingerprint density at radius 1 is 0.114 bits per heavy atom. The molecule has 0 saturated carbocycles. The summed E-state index contributed by atoms with van der Waals surface area (Å²) in [5.74, 6) is 0.596. The fourth-order valence-electron chi connectivity index (χ4n) is 21.3. The smallest absolute Gasteiger partial charge is 0.160 e. The van der Waals surface area contributed by atoms with E-state index in [-0.39, 0.29) is 0 Å². The van der Waals surface area contributed by atoms with Crippen LogP contribution in [0.2, 0.25) is 0 Å². The zero-order chi connectivity index (χ0) is 86.6. The van der Waals surface area contributed by atoms with Crippen molar-refractivity contribution < 1.29 is 0 Å². The first kappa shape index (κ1) is 74.5. The second-order valence-corrected chi connectivity index (χ2v) is 34.6. The van der Waals surface area contributed by atoms with Gasteiger partial charge in [-0.1, -0.05) is 291 Å². The molecular weight excluding hydrogens is 1600 g/mol. The van der Waals surface area contributed by atoms with Crippen LogP contribution in [0.4, 0.5) is 0 Å². The highest BCUT2D eigenvalue weighted by atomic mass is 15.0.